The van der Waals surface area contributed by atoms with Crippen LogP contribution in [-0.4, -0.2) is 17.7 Å². The first-order valence-corrected chi connectivity index (χ1v) is 7.06. The number of carbonyl (C=O) groups excluding carboxylic acids is 1. The van der Waals surface area contributed by atoms with E-state index in [1.165, 1.54) is 12.8 Å². The topological polar surface area (TPSA) is 38.3 Å². The standard InChI is InChI=1S/C15H27NO2/c1-13(2,3)18-12(17)16-11-9-10-7-8-15(11,6)14(10,4)5/h10-11H,7-9H2,1-6H3,(H,16,17). The van der Waals surface area contributed by atoms with Crippen LogP contribution < -0.4 is 5.32 Å². The second-order valence-electron chi connectivity index (χ2n) is 7.81. The lowest BCUT2D eigenvalue weighted by Gasteiger charge is -2.39. The van der Waals surface area contributed by atoms with Crippen molar-refractivity contribution < 1.29 is 9.53 Å². The van der Waals surface area contributed by atoms with E-state index in [2.05, 4.69) is 26.1 Å². The summed E-state index contributed by atoms with van der Waals surface area (Å²) < 4.78 is 5.37. The van der Waals surface area contributed by atoms with Crippen LogP contribution in [0.4, 0.5) is 4.79 Å². The summed E-state index contributed by atoms with van der Waals surface area (Å²) >= 11 is 0. The van der Waals surface area contributed by atoms with Gasteiger partial charge in [0.1, 0.15) is 5.60 Å². The molecule has 18 heavy (non-hydrogen) atoms. The normalized spacial score (nSPS) is 37.7. The first kappa shape index (κ1) is 13.7. The molecule has 3 unspecified atom stereocenters. The molecule has 2 aliphatic rings. The summed E-state index contributed by atoms with van der Waals surface area (Å²) in [6, 6.07) is 0.265. The van der Waals surface area contributed by atoms with Crippen molar-refractivity contribution >= 4 is 6.09 Å². The predicted molar refractivity (Wildman–Crippen MR) is 72.4 cm³/mol. The van der Waals surface area contributed by atoms with Crippen molar-refractivity contribution in [3.8, 4) is 0 Å². The lowest BCUT2D eigenvalue weighted by atomic mass is 9.69. The Morgan fingerprint density at radius 3 is 2.28 bits per heavy atom. The van der Waals surface area contributed by atoms with Gasteiger partial charge < -0.3 is 10.1 Å². The Morgan fingerprint density at radius 1 is 1.28 bits per heavy atom. The van der Waals surface area contributed by atoms with Gasteiger partial charge in [-0.3, -0.25) is 0 Å². The summed E-state index contributed by atoms with van der Waals surface area (Å²) in [6.07, 6.45) is 3.35. The Hall–Kier alpha value is -0.730. The molecule has 0 aromatic carbocycles. The van der Waals surface area contributed by atoms with Gasteiger partial charge in [0.05, 0.1) is 0 Å². The SMILES string of the molecule is CC(C)(C)OC(=O)NC1CC2CCC1(C)C2(C)C. The number of hydrogen-bond acceptors (Lipinski definition) is 2. The molecule has 0 spiro atoms. The molecule has 0 aromatic rings. The second-order valence-corrected chi connectivity index (χ2v) is 7.81. The first-order valence-electron chi connectivity index (χ1n) is 7.06. The molecule has 1 amide bonds. The third kappa shape index (κ3) is 2.02. The first-order chi connectivity index (χ1) is 8.06. The van der Waals surface area contributed by atoms with E-state index in [1.54, 1.807) is 0 Å². The van der Waals surface area contributed by atoms with Gasteiger partial charge >= 0.3 is 6.09 Å². The number of fused-ring (bicyclic) bond motifs is 2. The summed E-state index contributed by atoms with van der Waals surface area (Å²) in [5.74, 6) is 0.738. The van der Waals surface area contributed by atoms with Crippen molar-refractivity contribution in [1.82, 2.24) is 5.32 Å². The zero-order valence-corrected chi connectivity index (χ0v) is 12.6. The number of nitrogens with one attached hydrogen (secondary N) is 1. The fourth-order valence-corrected chi connectivity index (χ4v) is 3.87. The van der Waals surface area contributed by atoms with Crippen LogP contribution in [0.3, 0.4) is 0 Å². The number of hydrogen-bond donors (Lipinski definition) is 1. The van der Waals surface area contributed by atoms with Gasteiger partial charge in [0.25, 0.3) is 0 Å². The van der Waals surface area contributed by atoms with E-state index in [4.69, 9.17) is 4.74 Å². The summed E-state index contributed by atoms with van der Waals surface area (Å²) in [5.41, 5.74) is 0.124. The summed E-state index contributed by atoms with van der Waals surface area (Å²) in [4.78, 5) is 11.9. The third-order valence-corrected chi connectivity index (χ3v) is 5.48. The van der Waals surface area contributed by atoms with E-state index >= 15 is 0 Å². The second kappa shape index (κ2) is 3.88. The quantitative estimate of drug-likeness (QED) is 0.773. The lowest BCUT2D eigenvalue weighted by Crippen LogP contribution is -2.48. The van der Waals surface area contributed by atoms with Crippen LogP contribution in [0, 0.1) is 16.7 Å². The maximum Gasteiger partial charge on any atom is 0.407 e. The monoisotopic (exact) mass is 253 g/mol. The number of amides is 1. The van der Waals surface area contributed by atoms with Crippen LogP contribution in [-0.2, 0) is 4.74 Å². The summed E-state index contributed by atoms with van der Waals surface area (Å²) in [5, 5.41) is 3.10. The van der Waals surface area contributed by atoms with Gasteiger partial charge in [0, 0.05) is 6.04 Å². The molecule has 1 N–H and O–H groups in total. The van der Waals surface area contributed by atoms with Gasteiger partial charge in [-0.1, -0.05) is 20.8 Å². The predicted octanol–water partition coefficient (Wildman–Crippen LogP) is 3.73. The van der Waals surface area contributed by atoms with Crippen LogP contribution >= 0.6 is 0 Å². The molecule has 3 nitrogen and oxygen atoms in total. The maximum atomic E-state index is 11.9. The molecule has 0 aliphatic heterocycles. The van der Waals surface area contributed by atoms with Crippen LogP contribution in [0.25, 0.3) is 0 Å². The molecule has 104 valence electrons. The van der Waals surface area contributed by atoms with Crippen LogP contribution in [0.15, 0.2) is 0 Å². The van der Waals surface area contributed by atoms with E-state index in [9.17, 15) is 4.79 Å². The molecule has 2 aliphatic carbocycles. The van der Waals surface area contributed by atoms with Crippen LogP contribution in [0.5, 0.6) is 0 Å². The van der Waals surface area contributed by atoms with Gasteiger partial charge in [-0.15, -0.1) is 0 Å². The number of alkyl carbamates (subject to hydrolysis) is 1. The number of carbonyl (C=O) groups is 1. The van der Waals surface area contributed by atoms with E-state index in [0.717, 1.165) is 12.3 Å². The molecule has 2 bridgehead atoms. The maximum absolute atomic E-state index is 11.9. The minimum atomic E-state index is -0.419. The van der Waals surface area contributed by atoms with E-state index in [1.807, 2.05) is 20.8 Å². The van der Waals surface area contributed by atoms with Gasteiger partial charge in [-0.05, 0) is 56.8 Å². The molecule has 0 radical (unpaired) electrons. The van der Waals surface area contributed by atoms with Crippen molar-refractivity contribution in [3.05, 3.63) is 0 Å². The minimum absolute atomic E-state index is 0.217. The highest BCUT2D eigenvalue weighted by Crippen LogP contribution is 2.65. The molecule has 3 heteroatoms. The fourth-order valence-electron chi connectivity index (χ4n) is 3.87. The molecular formula is C15H27NO2. The zero-order chi connectivity index (χ0) is 13.8. The highest BCUT2D eigenvalue weighted by atomic mass is 16.6. The smallest absolute Gasteiger partial charge is 0.407 e. The van der Waals surface area contributed by atoms with Crippen molar-refractivity contribution in [2.45, 2.75) is 72.4 Å². The Kier molecular flexibility index (Phi) is 2.95. The molecular weight excluding hydrogens is 226 g/mol. The molecule has 2 rings (SSSR count). The molecule has 3 atom stereocenters. The van der Waals surface area contributed by atoms with Crippen molar-refractivity contribution in [2.24, 2.45) is 16.7 Å². The molecule has 0 saturated heterocycles. The van der Waals surface area contributed by atoms with Crippen LogP contribution in [0.1, 0.15) is 60.8 Å². The van der Waals surface area contributed by atoms with Crippen molar-refractivity contribution in [3.63, 3.8) is 0 Å². The highest BCUT2D eigenvalue weighted by molar-refractivity contribution is 5.68. The molecule has 2 saturated carbocycles. The van der Waals surface area contributed by atoms with E-state index in [0.29, 0.717) is 5.41 Å². The zero-order valence-electron chi connectivity index (χ0n) is 12.6. The Balaban J connectivity index is 2.03. The fraction of sp³-hybridized carbons (Fsp3) is 0.933. The van der Waals surface area contributed by atoms with Gasteiger partial charge in [-0.2, -0.15) is 0 Å². The van der Waals surface area contributed by atoms with Gasteiger partial charge in [-0.25, -0.2) is 4.79 Å². The van der Waals surface area contributed by atoms with Crippen LogP contribution in [0.2, 0.25) is 0 Å². The highest BCUT2D eigenvalue weighted by Gasteiger charge is 2.61. The average Bonchev–Trinajstić information content (AvgIpc) is 2.47. The lowest BCUT2D eigenvalue weighted by molar-refractivity contribution is 0.0416. The number of rotatable bonds is 1. The van der Waals surface area contributed by atoms with Crippen molar-refractivity contribution in [2.75, 3.05) is 0 Å². The van der Waals surface area contributed by atoms with E-state index < -0.39 is 5.60 Å². The Bertz CT molecular complexity index is 356. The minimum Gasteiger partial charge on any atom is -0.444 e. The number of ether oxygens (including phenoxy) is 1. The Morgan fingerprint density at radius 2 is 1.89 bits per heavy atom. The van der Waals surface area contributed by atoms with E-state index in [-0.39, 0.29) is 17.6 Å². The molecule has 2 fully saturated rings. The Labute approximate surface area is 111 Å². The van der Waals surface area contributed by atoms with Gasteiger partial charge in [0.2, 0.25) is 0 Å². The summed E-state index contributed by atoms with van der Waals surface area (Å²) in [6.45, 7) is 12.7. The van der Waals surface area contributed by atoms with Crippen molar-refractivity contribution in [1.29, 1.82) is 0 Å². The average molecular weight is 253 g/mol. The summed E-state index contributed by atoms with van der Waals surface area (Å²) in [7, 11) is 0. The molecule has 0 aromatic heterocycles. The largest absolute Gasteiger partial charge is 0.444 e. The van der Waals surface area contributed by atoms with Gasteiger partial charge in [0.15, 0.2) is 0 Å². The molecule has 0 heterocycles. The third-order valence-electron chi connectivity index (χ3n) is 5.48.